The summed E-state index contributed by atoms with van der Waals surface area (Å²) in [5.41, 5.74) is 3.39. The molecular weight excluding hydrogens is 350 g/mol. The smallest absolute Gasteiger partial charge is 0.246 e. The zero-order valence-corrected chi connectivity index (χ0v) is 16.7. The molecular formula is C24H25NOS. The molecule has 27 heavy (non-hydrogen) atoms. The lowest BCUT2D eigenvalue weighted by Crippen LogP contribution is -2.37. The average molecular weight is 376 g/mol. The van der Waals surface area contributed by atoms with Gasteiger partial charge in [-0.25, -0.2) is 0 Å². The van der Waals surface area contributed by atoms with Gasteiger partial charge < -0.3 is 4.90 Å². The van der Waals surface area contributed by atoms with Gasteiger partial charge in [0.15, 0.2) is 0 Å². The fourth-order valence-corrected chi connectivity index (χ4v) is 4.40. The van der Waals surface area contributed by atoms with Crippen LogP contribution < -0.4 is 0 Å². The summed E-state index contributed by atoms with van der Waals surface area (Å²) in [4.78, 5) is 17.3. The largest absolute Gasteiger partial charge is 0.333 e. The second-order valence-electron chi connectivity index (χ2n) is 6.71. The highest BCUT2D eigenvalue weighted by atomic mass is 32.1. The Labute approximate surface area is 165 Å². The number of carbonyl (C=O) groups excluding carboxylic acids is 1. The zero-order valence-electron chi connectivity index (χ0n) is 15.9. The molecule has 1 aromatic carbocycles. The van der Waals surface area contributed by atoms with E-state index in [0.717, 1.165) is 11.1 Å². The third kappa shape index (κ3) is 4.75. The summed E-state index contributed by atoms with van der Waals surface area (Å²) in [7, 11) is 0. The fraction of sp³-hybridized carbons (Fsp3) is 0.208. The van der Waals surface area contributed by atoms with Crippen molar-refractivity contribution in [1.82, 2.24) is 4.90 Å². The van der Waals surface area contributed by atoms with Crippen molar-refractivity contribution in [1.29, 1.82) is 0 Å². The van der Waals surface area contributed by atoms with Crippen LogP contribution in [0.2, 0.25) is 0 Å². The predicted octanol–water partition coefficient (Wildman–Crippen LogP) is 5.88. The van der Waals surface area contributed by atoms with E-state index in [4.69, 9.17) is 0 Å². The van der Waals surface area contributed by atoms with Crippen LogP contribution in [0.5, 0.6) is 0 Å². The van der Waals surface area contributed by atoms with Crippen molar-refractivity contribution < 1.29 is 4.79 Å². The lowest BCUT2D eigenvalue weighted by molar-refractivity contribution is -0.127. The first kappa shape index (κ1) is 19.1. The first-order valence-electron chi connectivity index (χ1n) is 9.18. The van der Waals surface area contributed by atoms with Crippen LogP contribution in [0.25, 0.3) is 6.08 Å². The van der Waals surface area contributed by atoms with Crippen molar-refractivity contribution in [2.45, 2.75) is 26.3 Å². The van der Waals surface area contributed by atoms with Gasteiger partial charge in [-0.2, -0.15) is 0 Å². The summed E-state index contributed by atoms with van der Waals surface area (Å²) in [5, 5.41) is 0. The van der Waals surface area contributed by atoms with Crippen molar-refractivity contribution >= 4 is 23.3 Å². The number of aryl methyl sites for hydroxylation is 1. The number of hydrogen-bond donors (Lipinski definition) is 0. The maximum Gasteiger partial charge on any atom is 0.246 e. The van der Waals surface area contributed by atoms with Crippen molar-refractivity contribution in [2.24, 2.45) is 0 Å². The molecule has 3 heteroatoms. The van der Waals surface area contributed by atoms with E-state index in [0.29, 0.717) is 13.1 Å². The third-order valence-electron chi connectivity index (χ3n) is 4.67. The van der Waals surface area contributed by atoms with Crippen LogP contribution in [0.3, 0.4) is 0 Å². The first-order chi connectivity index (χ1) is 13.1. The molecule has 0 unspecified atom stereocenters. The van der Waals surface area contributed by atoms with Gasteiger partial charge in [0.2, 0.25) is 5.91 Å². The van der Waals surface area contributed by atoms with Gasteiger partial charge in [-0.05, 0) is 42.7 Å². The molecule has 0 N–H and O–H groups in total. The Kier molecular flexibility index (Phi) is 6.25. The summed E-state index contributed by atoms with van der Waals surface area (Å²) < 4.78 is 0. The van der Waals surface area contributed by atoms with Gasteiger partial charge in [0, 0.05) is 28.3 Å². The maximum absolute atomic E-state index is 12.8. The van der Waals surface area contributed by atoms with E-state index < -0.39 is 0 Å². The Bertz CT molecular complexity index is 902. The lowest BCUT2D eigenvalue weighted by atomic mass is 9.88. The molecule has 0 saturated heterocycles. The van der Waals surface area contributed by atoms with Crippen LogP contribution in [-0.4, -0.2) is 17.4 Å². The number of benzene rings is 1. The number of fused-ring (bicyclic) bond motifs is 1. The van der Waals surface area contributed by atoms with E-state index >= 15 is 0 Å². The summed E-state index contributed by atoms with van der Waals surface area (Å²) in [6, 6.07) is 12.2. The molecule has 0 spiro atoms. The molecule has 0 fully saturated rings. The van der Waals surface area contributed by atoms with E-state index in [-0.39, 0.29) is 11.8 Å². The normalized spacial score (nSPS) is 17.1. The predicted molar refractivity (Wildman–Crippen MR) is 116 cm³/mol. The Hall–Kier alpha value is -2.65. The molecule has 0 aliphatic carbocycles. The average Bonchev–Trinajstić information content (AvgIpc) is 3.06. The molecule has 1 aliphatic heterocycles. The zero-order chi connectivity index (χ0) is 19.2. The number of amides is 1. The fourth-order valence-electron chi connectivity index (χ4n) is 3.29. The van der Waals surface area contributed by atoms with Crippen LogP contribution in [0, 0.1) is 6.92 Å². The molecule has 2 heterocycles. The summed E-state index contributed by atoms with van der Waals surface area (Å²) >= 11 is 1.78. The van der Waals surface area contributed by atoms with Crippen LogP contribution in [0.1, 0.15) is 33.7 Å². The van der Waals surface area contributed by atoms with Crippen LogP contribution in [0.4, 0.5) is 0 Å². The number of hydrogen-bond acceptors (Lipinski definition) is 2. The van der Waals surface area contributed by atoms with Gasteiger partial charge in [-0.15, -0.1) is 11.3 Å². The third-order valence-corrected chi connectivity index (χ3v) is 5.72. The number of nitrogens with zero attached hydrogens (tertiary/aromatic N) is 1. The second-order valence-corrected chi connectivity index (χ2v) is 8.05. The van der Waals surface area contributed by atoms with Crippen molar-refractivity contribution in [3.63, 3.8) is 0 Å². The van der Waals surface area contributed by atoms with Gasteiger partial charge in [0.1, 0.15) is 0 Å². The van der Waals surface area contributed by atoms with Gasteiger partial charge in [-0.3, -0.25) is 4.79 Å². The highest BCUT2D eigenvalue weighted by Gasteiger charge is 2.29. The minimum Gasteiger partial charge on any atom is -0.333 e. The van der Waals surface area contributed by atoms with Crippen LogP contribution in [-0.2, 0) is 11.3 Å². The Morgan fingerprint density at radius 3 is 2.74 bits per heavy atom. The molecule has 138 valence electrons. The maximum atomic E-state index is 12.8. The van der Waals surface area contributed by atoms with Crippen molar-refractivity contribution in [2.75, 3.05) is 6.54 Å². The number of rotatable bonds is 5. The summed E-state index contributed by atoms with van der Waals surface area (Å²) in [6.07, 6.45) is 11.6. The molecule has 1 aliphatic rings. The van der Waals surface area contributed by atoms with Crippen molar-refractivity contribution in [3.05, 3.63) is 99.8 Å². The molecule has 0 radical (unpaired) electrons. The topological polar surface area (TPSA) is 20.3 Å². The number of carbonyl (C=O) groups is 1. The van der Waals surface area contributed by atoms with Crippen LogP contribution >= 0.6 is 11.3 Å². The summed E-state index contributed by atoms with van der Waals surface area (Å²) in [6.45, 7) is 9.73. The lowest BCUT2D eigenvalue weighted by Gasteiger charge is -2.32. The number of thiophene rings is 1. The molecule has 0 saturated carbocycles. The van der Waals surface area contributed by atoms with E-state index in [9.17, 15) is 4.79 Å². The minimum absolute atomic E-state index is 0.0470. The van der Waals surface area contributed by atoms with E-state index in [1.54, 1.807) is 17.4 Å². The van der Waals surface area contributed by atoms with Gasteiger partial charge in [-0.1, -0.05) is 61.2 Å². The molecule has 3 rings (SSSR count). The minimum atomic E-state index is 0.0470. The monoisotopic (exact) mass is 375 g/mol. The van der Waals surface area contributed by atoms with Gasteiger partial charge in [0.25, 0.3) is 0 Å². The van der Waals surface area contributed by atoms with E-state index in [1.807, 2.05) is 66.5 Å². The second kappa shape index (κ2) is 8.83. The Morgan fingerprint density at radius 1 is 1.22 bits per heavy atom. The van der Waals surface area contributed by atoms with E-state index in [1.165, 1.54) is 15.3 Å². The highest BCUT2D eigenvalue weighted by molar-refractivity contribution is 7.12. The van der Waals surface area contributed by atoms with Crippen LogP contribution in [0.15, 0.2) is 78.9 Å². The quantitative estimate of drug-likeness (QED) is 0.472. The highest BCUT2D eigenvalue weighted by Crippen LogP contribution is 2.38. The molecule has 1 aromatic heterocycles. The standard InChI is InChI=1S/C24H25NOS/c1-4-5-7-10-18(2)22-16-25(17-23-21(22)15-19(3)27-23)24(26)14-13-20-11-8-6-9-12-20/h4-15,22H,2,16-17H2,1,3H3/b5-4-,10-7-,14-13+/t22-/m1/s1. The number of allylic oxidation sites excluding steroid dienone is 4. The Morgan fingerprint density at radius 2 is 2.00 bits per heavy atom. The van der Waals surface area contributed by atoms with Gasteiger partial charge in [0.05, 0.1) is 6.54 Å². The van der Waals surface area contributed by atoms with Gasteiger partial charge >= 0.3 is 0 Å². The SMILES string of the molecule is C=C(/C=C\C=C/C)[C@H]1CN(C(=O)/C=C/c2ccccc2)Cc2sc(C)cc21. The van der Waals surface area contributed by atoms with Crippen molar-refractivity contribution in [3.8, 4) is 0 Å². The molecule has 2 nitrogen and oxygen atoms in total. The molecule has 1 atom stereocenters. The first-order valence-corrected chi connectivity index (χ1v) is 9.99. The molecule has 1 amide bonds. The van der Waals surface area contributed by atoms with E-state index in [2.05, 4.69) is 25.6 Å². The Balaban J connectivity index is 1.81. The molecule has 0 bridgehead atoms. The molecule has 2 aromatic rings. The summed E-state index contributed by atoms with van der Waals surface area (Å²) in [5.74, 6) is 0.195.